The van der Waals surface area contributed by atoms with Crippen LogP contribution in [0, 0.1) is 0 Å². The number of carboxylic acid groups (broad SMARTS) is 1. The molecule has 2 aliphatic rings. The van der Waals surface area contributed by atoms with E-state index in [1.165, 1.54) is 0 Å². The molecular formula is C30H28Cl2N2O6. The van der Waals surface area contributed by atoms with Gasteiger partial charge in [-0.1, -0.05) is 47.5 Å². The van der Waals surface area contributed by atoms with E-state index in [0.29, 0.717) is 49.4 Å². The minimum atomic E-state index is -1.01. The second-order valence-electron chi connectivity index (χ2n) is 10.0. The number of nitrogens with zero attached hydrogens (tertiary/aromatic N) is 1. The topological polar surface area (TPSA) is 105 Å². The first-order valence-corrected chi connectivity index (χ1v) is 13.8. The number of nitrogens with one attached hydrogen (secondary N) is 1. The van der Waals surface area contributed by atoms with Crippen LogP contribution in [0.15, 0.2) is 54.6 Å². The molecule has 2 amide bonds. The van der Waals surface area contributed by atoms with E-state index in [4.69, 9.17) is 32.7 Å². The van der Waals surface area contributed by atoms with Crippen molar-refractivity contribution in [2.24, 2.45) is 0 Å². The monoisotopic (exact) mass is 582 g/mol. The SMILES string of the molecule is C[C@H](Cc1ccc(C2CCN(C(=O)c3cccc4c3OCO4)CC2)c(C(=O)O)c1)NC(=O)c1c(Cl)cccc1Cl. The van der Waals surface area contributed by atoms with E-state index in [2.05, 4.69) is 5.32 Å². The highest BCUT2D eigenvalue weighted by atomic mass is 35.5. The third-order valence-corrected chi connectivity index (χ3v) is 7.94. The molecule has 2 N–H and O–H groups in total. The zero-order valence-corrected chi connectivity index (χ0v) is 23.3. The Kier molecular flexibility index (Phi) is 8.19. The Morgan fingerprint density at radius 1 is 1.00 bits per heavy atom. The molecule has 208 valence electrons. The molecule has 0 unspecified atom stereocenters. The fourth-order valence-corrected chi connectivity index (χ4v) is 5.92. The van der Waals surface area contributed by atoms with Crippen LogP contribution in [0.3, 0.4) is 0 Å². The maximum Gasteiger partial charge on any atom is 0.335 e. The van der Waals surface area contributed by atoms with Crippen molar-refractivity contribution in [1.82, 2.24) is 10.2 Å². The van der Waals surface area contributed by atoms with Crippen molar-refractivity contribution in [3.63, 3.8) is 0 Å². The molecule has 3 aromatic rings. The lowest BCUT2D eigenvalue weighted by atomic mass is 9.85. The molecule has 40 heavy (non-hydrogen) atoms. The molecule has 3 aromatic carbocycles. The number of benzene rings is 3. The molecule has 0 bridgehead atoms. The number of para-hydroxylation sites is 1. The minimum Gasteiger partial charge on any atom is -0.478 e. The lowest BCUT2D eigenvalue weighted by Gasteiger charge is -2.33. The predicted octanol–water partition coefficient (Wildman–Crippen LogP) is 5.80. The van der Waals surface area contributed by atoms with Crippen molar-refractivity contribution in [3.8, 4) is 11.5 Å². The maximum absolute atomic E-state index is 13.2. The molecule has 0 aliphatic carbocycles. The van der Waals surface area contributed by atoms with Crippen LogP contribution in [-0.4, -0.2) is 53.7 Å². The van der Waals surface area contributed by atoms with Crippen molar-refractivity contribution < 1.29 is 29.0 Å². The summed E-state index contributed by atoms with van der Waals surface area (Å²) in [6.07, 6.45) is 1.71. The zero-order valence-electron chi connectivity index (χ0n) is 21.8. The van der Waals surface area contributed by atoms with Crippen LogP contribution >= 0.6 is 23.2 Å². The molecule has 1 fully saturated rings. The quantitative estimate of drug-likeness (QED) is 0.364. The number of carbonyl (C=O) groups is 3. The number of ether oxygens (including phenoxy) is 2. The van der Waals surface area contributed by atoms with Crippen molar-refractivity contribution >= 4 is 41.0 Å². The van der Waals surface area contributed by atoms with Crippen molar-refractivity contribution in [2.45, 2.75) is 38.1 Å². The van der Waals surface area contributed by atoms with Gasteiger partial charge < -0.3 is 24.8 Å². The molecule has 10 heteroatoms. The summed E-state index contributed by atoms with van der Waals surface area (Å²) >= 11 is 12.3. The van der Waals surface area contributed by atoms with Crippen LogP contribution in [0.5, 0.6) is 11.5 Å². The van der Waals surface area contributed by atoms with Gasteiger partial charge in [0.2, 0.25) is 6.79 Å². The summed E-state index contributed by atoms with van der Waals surface area (Å²) in [6, 6.07) is 15.3. The fraction of sp³-hybridized carbons (Fsp3) is 0.300. The van der Waals surface area contributed by atoms with Crippen molar-refractivity contribution in [1.29, 1.82) is 0 Å². The Bertz CT molecular complexity index is 1450. The number of carbonyl (C=O) groups excluding carboxylic acids is 2. The smallest absolute Gasteiger partial charge is 0.335 e. The summed E-state index contributed by atoms with van der Waals surface area (Å²) in [7, 11) is 0. The molecule has 8 nitrogen and oxygen atoms in total. The number of hydrogen-bond donors (Lipinski definition) is 2. The second-order valence-corrected chi connectivity index (χ2v) is 10.8. The molecule has 1 atom stereocenters. The Hall–Kier alpha value is -3.75. The average Bonchev–Trinajstić information content (AvgIpc) is 3.42. The molecule has 0 aromatic heterocycles. The molecule has 2 aliphatic heterocycles. The molecule has 0 saturated carbocycles. The highest BCUT2D eigenvalue weighted by Gasteiger charge is 2.30. The van der Waals surface area contributed by atoms with Gasteiger partial charge in [0.1, 0.15) is 0 Å². The minimum absolute atomic E-state index is 0.00441. The van der Waals surface area contributed by atoms with Gasteiger partial charge in [0.25, 0.3) is 11.8 Å². The van der Waals surface area contributed by atoms with Crippen LogP contribution in [0.2, 0.25) is 10.0 Å². The Morgan fingerprint density at radius 2 is 1.70 bits per heavy atom. The summed E-state index contributed by atoms with van der Waals surface area (Å²) in [5.41, 5.74) is 2.46. The van der Waals surface area contributed by atoms with Gasteiger partial charge in [-0.3, -0.25) is 9.59 Å². The summed E-state index contributed by atoms with van der Waals surface area (Å²) in [4.78, 5) is 39.9. The first-order chi connectivity index (χ1) is 19.2. The number of piperidine rings is 1. The van der Waals surface area contributed by atoms with Crippen LogP contribution < -0.4 is 14.8 Å². The van der Waals surface area contributed by atoms with Gasteiger partial charge in [-0.25, -0.2) is 4.79 Å². The van der Waals surface area contributed by atoms with Gasteiger partial charge in [0.05, 0.1) is 26.7 Å². The maximum atomic E-state index is 13.2. The lowest BCUT2D eigenvalue weighted by molar-refractivity contribution is 0.0678. The highest BCUT2D eigenvalue weighted by Crippen LogP contribution is 2.37. The predicted molar refractivity (Wildman–Crippen MR) is 151 cm³/mol. The molecule has 2 heterocycles. The van der Waals surface area contributed by atoms with Crippen LogP contribution in [-0.2, 0) is 6.42 Å². The summed E-state index contributed by atoms with van der Waals surface area (Å²) in [5.74, 6) is -0.480. The number of fused-ring (bicyclic) bond motifs is 1. The molecule has 0 spiro atoms. The first kappa shape index (κ1) is 27.8. The van der Waals surface area contributed by atoms with Crippen LogP contribution in [0.25, 0.3) is 0 Å². The van der Waals surface area contributed by atoms with E-state index in [9.17, 15) is 19.5 Å². The third-order valence-electron chi connectivity index (χ3n) is 7.31. The number of hydrogen-bond acceptors (Lipinski definition) is 5. The first-order valence-electron chi connectivity index (χ1n) is 13.0. The molecule has 5 rings (SSSR count). The molecular weight excluding hydrogens is 555 g/mol. The van der Waals surface area contributed by atoms with E-state index in [1.54, 1.807) is 47.4 Å². The van der Waals surface area contributed by atoms with E-state index in [1.807, 2.05) is 19.1 Å². The third kappa shape index (κ3) is 5.74. The largest absolute Gasteiger partial charge is 0.478 e. The van der Waals surface area contributed by atoms with Gasteiger partial charge in [-0.15, -0.1) is 0 Å². The van der Waals surface area contributed by atoms with E-state index in [0.717, 1.165) is 11.1 Å². The van der Waals surface area contributed by atoms with E-state index in [-0.39, 0.29) is 51.7 Å². The Morgan fingerprint density at radius 3 is 2.40 bits per heavy atom. The van der Waals surface area contributed by atoms with E-state index >= 15 is 0 Å². The number of carboxylic acids is 1. The number of aromatic carboxylic acids is 1. The highest BCUT2D eigenvalue weighted by molar-refractivity contribution is 6.39. The second kappa shape index (κ2) is 11.8. The summed E-state index contributed by atoms with van der Waals surface area (Å²) in [6.45, 7) is 2.94. The van der Waals surface area contributed by atoms with Crippen molar-refractivity contribution in [2.75, 3.05) is 19.9 Å². The average molecular weight is 583 g/mol. The fourth-order valence-electron chi connectivity index (χ4n) is 5.35. The molecule has 0 radical (unpaired) electrons. The van der Waals surface area contributed by atoms with Gasteiger partial charge in [-0.2, -0.15) is 0 Å². The molecule has 1 saturated heterocycles. The van der Waals surface area contributed by atoms with Gasteiger partial charge in [0.15, 0.2) is 11.5 Å². The van der Waals surface area contributed by atoms with Gasteiger partial charge >= 0.3 is 5.97 Å². The van der Waals surface area contributed by atoms with Gasteiger partial charge in [-0.05, 0) is 73.6 Å². The number of rotatable bonds is 7. The number of amides is 2. The Balaban J connectivity index is 1.24. The van der Waals surface area contributed by atoms with Crippen molar-refractivity contribution in [3.05, 3.63) is 92.5 Å². The van der Waals surface area contributed by atoms with Gasteiger partial charge in [0, 0.05) is 19.1 Å². The Labute approximate surface area is 241 Å². The normalized spacial score (nSPS) is 15.5. The summed E-state index contributed by atoms with van der Waals surface area (Å²) < 4.78 is 10.9. The van der Waals surface area contributed by atoms with Crippen LogP contribution in [0.1, 0.15) is 67.9 Å². The zero-order chi connectivity index (χ0) is 28.4. The summed E-state index contributed by atoms with van der Waals surface area (Å²) in [5, 5.41) is 13.4. The van der Waals surface area contributed by atoms with Crippen LogP contribution in [0.4, 0.5) is 0 Å². The van der Waals surface area contributed by atoms with E-state index < -0.39 is 5.97 Å². The lowest BCUT2D eigenvalue weighted by Crippen LogP contribution is -2.38. The standard InChI is InChI=1S/C30H28Cl2N2O6/c1-17(33-28(35)26-23(31)5-3-6-24(26)32)14-18-8-9-20(22(15-18)30(37)38)19-10-12-34(13-11-19)29(36)21-4-2-7-25-27(21)40-16-39-25/h2-9,15,17,19H,10-14,16H2,1H3,(H,33,35)(H,37,38)/t17-/m1/s1. The number of halogens is 2. The number of likely N-dealkylation sites (tertiary alicyclic amines) is 1.